The lowest BCUT2D eigenvalue weighted by Gasteiger charge is -2.43. The standard InChI is InChI=1S/C55H40O34/c56-23-1-16(2-24(57)38(23)68)48(75)82-15-37-45(86-52(79)21-11-33(66)43(73)35(13-21)83-49(76)17-3-25(58)39(69)26(59)4-17)46(87-51(78)19-7-29(62)41(71)30(63)8-19)47(55(85-37)89-54(81)20-9-31(64)42(72)32(65)10-20)88-53(80)22-12-34(67)44(74)36(14-22)84-50(77)18-5-27(60)40(70)28(61)6-18/h1-14,37,45-47,55-74H,15H2. The van der Waals surface area contributed by atoms with Crippen LogP contribution in [0.1, 0.15) is 72.5 Å². The van der Waals surface area contributed by atoms with Crippen molar-refractivity contribution in [3.8, 4) is 121 Å². The highest BCUT2D eigenvalue weighted by atomic mass is 16.7. The molecule has 1 heterocycles. The van der Waals surface area contributed by atoms with Crippen LogP contribution in [-0.4, -0.2) is 176 Å². The molecule has 0 aromatic heterocycles. The van der Waals surface area contributed by atoms with Crippen molar-refractivity contribution in [1.82, 2.24) is 0 Å². The topological polar surface area (TPSA) is 578 Å². The van der Waals surface area contributed by atoms with Crippen molar-refractivity contribution in [2.24, 2.45) is 0 Å². The summed E-state index contributed by atoms with van der Waals surface area (Å²) in [7, 11) is 0. The third kappa shape index (κ3) is 12.9. The smallest absolute Gasteiger partial charge is 0.343 e. The van der Waals surface area contributed by atoms with E-state index < -0.39 is 239 Å². The molecule has 0 radical (unpaired) electrons. The number of carbonyl (C=O) groups excluding carboxylic acids is 7. The SMILES string of the molecule is O=C(OCC1OC(OC(=O)c2cc(O)c(O)c(O)c2)C(OC(=O)c2cc(O)c(O)c(OC(=O)c3cc(O)c(O)c(O)c3)c2)C(OC(=O)c2cc(O)c(O)c(O)c2)C1OC(=O)c1cc(O)c(O)c(OC(=O)c2cc(O)c(O)c(O)c2)c1)c1cc(O)c(O)c(O)c1. The summed E-state index contributed by atoms with van der Waals surface area (Å²) >= 11 is 0. The lowest BCUT2D eigenvalue weighted by molar-refractivity contribution is -0.282. The lowest BCUT2D eigenvalue weighted by atomic mass is 9.97. The van der Waals surface area contributed by atoms with Gasteiger partial charge < -0.3 is 135 Å². The Morgan fingerprint density at radius 2 is 0.517 bits per heavy atom. The third-order valence-corrected chi connectivity index (χ3v) is 12.4. The molecule has 7 aromatic carbocycles. The van der Waals surface area contributed by atoms with E-state index >= 15 is 0 Å². The van der Waals surface area contributed by atoms with E-state index in [-0.39, 0.29) is 0 Å². The van der Waals surface area contributed by atoms with Crippen LogP contribution in [0.15, 0.2) is 84.9 Å². The number of hydrogen-bond acceptors (Lipinski definition) is 34. The average Bonchev–Trinajstić information content (AvgIpc) is 0.841. The number of aromatic hydroxyl groups is 19. The predicted molar refractivity (Wildman–Crippen MR) is 279 cm³/mol. The van der Waals surface area contributed by atoms with Gasteiger partial charge in [-0.25, -0.2) is 33.6 Å². The van der Waals surface area contributed by atoms with Gasteiger partial charge in [-0.2, -0.15) is 0 Å². The second-order valence-corrected chi connectivity index (χ2v) is 18.4. The molecule has 0 saturated carbocycles. The van der Waals surface area contributed by atoms with E-state index in [1.165, 1.54) is 0 Å². The normalized spacial score (nSPS) is 16.0. The van der Waals surface area contributed by atoms with E-state index in [0.29, 0.717) is 84.9 Å². The van der Waals surface area contributed by atoms with E-state index in [0.717, 1.165) is 0 Å². The van der Waals surface area contributed by atoms with Crippen molar-refractivity contribution in [3.05, 3.63) is 124 Å². The molecule has 1 aliphatic rings. The van der Waals surface area contributed by atoms with Crippen LogP contribution in [0.5, 0.6) is 121 Å². The zero-order valence-corrected chi connectivity index (χ0v) is 43.8. The fourth-order valence-corrected chi connectivity index (χ4v) is 8.00. The Balaban J connectivity index is 1.28. The van der Waals surface area contributed by atoms with Crippen LogP contribution in [0.4, 0.5) is 0 Å². The highest BCUT2D eigenvalue weighted by Crippen LogP contribution is 2.44. The summed E-state index contributed by atoms with van der Waals surface area (Å²) < 4.78 is 44.0. The molecule has 0 bridgehead atoms. The van der Waals surface area contributed by atoms with Gasteiger partial charge in [0.1, 0.15) is 12.7 Å². The number of esters is 7. The molecule has 89 heavy (non-hydrogen) atoms. The summed E-state index contributed by atoms with van der Waals surface area (Å²) in [5, 5.41) is 194. The lowest BCUT2D eigenvalue weighted by Crippen LogP contribution is -2.63. The van der Waals surface area contributed by atoms with Gasteiger partial charge in [0.2, 0.25) is 23.9 Å². The molecule has 34 heteroatoms. The highest BCUT2D eigenvalue weighted by molar-refractivity contribution is 5.97. The monoisotopic (exact) mass is 1240 g/mol. The van der Waals surface area contributed by atoms with Crippen molar-refractivity contribution in [2.75, 3.05) is 6.61 Å². The van der Waals surface area contributed by atoms with Crippen LogP contribution >= 0.6 is 0 Å². The largest absolute Gasteiger partial charge is 0.504 e. The maximum atomic E-state index is 14.6. The van der Waals surface area contributed by atoms with Gasteiger partial charge in [-0.3, -0.25) is 0 Å². The first-order valence-corrected chi connectivity index (χ1v) is 24.3. The molecule has 5 atom stereocenters. The zero-order chi connectivity index (χ0) is 65.4. The maximum Gasteiger partial charge on any atom is 0.343 e. The van der Waals surface area contributed by atoms with E-state index in [2.05, 4.69) is 0 Å². The van der Waals surface area contributed by atoms with Gasteiger partial charge >= 0.3 is 41.8 Å². The molecule has 1 saturated heterocycles. The maximum absolute atomic E-state index is 14.6. The summed E-state index contributed by atoms with van der Waals surface area (Å²) in [6.45, 7) is -1.42. The molecule has 464 valence electrons. The van der Waals surface area contributed by atoms with Gasteiger partial charge in [0.15, 0.2) is 121 Å². The van der Waals surface area contributed by atoms with E-state index in [9.17, 15) is 131 Å². The van der Waals surface area contributed by atoms with E-state index in [1.54, 1.807) is 0 Å². The molecule has 19 N–H and O–H groups in total. The molecular weight excluding hydrogens is 1200 g/mol. The fraction of sp³-hybridized carbons (Fsp3) is 0.109. The Morgan fingerprint density at radius 1 is 0.281 bits per heavy atom. The number of benzene rings is 7. The van der Waals surface area contributed by atoms with Gasteiger partial charge in [-0.05, 0) is 84.9 Å². The van der Waals surface area contributed by atoms with Crippen molar-refractivity contribution in [1.29, 1.82) is 0 Å². The zero-order valence-electron chi connectivity index (χ0n) is 43.8. The van der Waals surface area contributed by atoms with E-state index in [4.69, 9.17) is 37.9 Å². The van der Waals surface area contributed by atoms with Gasteiger partial charge in [-0.15, -0.1) is 0 Å². The van der Waals surface area contributed by atoms with Crippen molar-refractivity contribution < 1.29 is 168 Å². The van der Waals surface area contributed by atoms with Gasteiger partial charge in [0, 0.05) is 0 Å². The minimum absolute atomic E-state index is 0.413. The second-order valence-electron chi connectivity index (χ2n) is 18.4. The first kappa shape index (κ1) is 62.0. The molecule has 7 aromatic rings. The summed E-state index contributed by atoms with van der Waals surface area (Å²) in [6, 6.07) is 7.02. The summed E-state index contributed by atoms with van der Waals surface area (Å²) in [5.74, 6) is -36.4. The number of rotatable bonds is 15. The molecule has 34 nitrogen and oxygen atoms in total. The van der Waals surface area contributed by atoms with Gasteiger partial charge in [0.25, 0.3) is 0 Å². The first-order chi connectivity index (χ1) is 41.8. The molecule has 0 spiro atoms. The molecule has 0 aliphatic carbocycles. The van der Waals surface area contributed by atoms with Gasteiger partial charge in [-0.1, -0.05) is 0 Å². The summed E-state index contributed by atoms with van der Waals surface area (Å²) in [4.78, 5) is 97.5. The molecule has 0 amide bonds. The molecule has 1 aliphatic heterocycles. The molecular formula is C55H40O34. The Labute approximate surface area is 491 Å². The average molecular weight is 1240 g/mol. The third-order valence-electron chi connectivity index (χ3n) is 12.4. The minimum atomic E-state index is -2.79. The number of ether oxygens (including phenoxy) is 8. The highest BCUT2D eigenvalue weighted by Gasteiger charge is 2.55. The number of hydrogen-bond donors (Lipinski definition) is 19. The first-order valence-electron chi connectivity index (χ1n) is 24.3. The number of phenolic OH excluding ortho intramolecular Hbond substituents is 19. The molecule has 8 rings (SSSR count). The summed E-state index contributed by atoms with van der Waals surface area (Å²) in [5.41, 5.74) is -6.11. The van der Waals surface area contributed by atoms with Crippen LogP contribution in [0.3, 0.4) is 0 Å². The minimum Gasteiger partial charge on any atom is -0.504 e. The fourth-order valence-electron chi connectivity index (χ4n) is 8.00. The quantitative estimate of drug-likeness (QED) is 0.0304. The molecule has 5 unspecified atom stereocenters. The van der Waals surface area contributed by atoms with Crippen molar-refractivity contribution >= 4 is 41.8 Å². The number of carbonyl (C=O) groups is 7. The van der Waals surface area contributed by atoms with Crippen molar-refractivity contribution in [3.63, 3.8) is 0 Å². The molecule has 1 fully saturated rings. The van der Waals surface area contributed by atoms with Crippen LogP contribution in [-0.2, 0) is 28.4 Å². The number of phenols is 19. The Kier molecular flexibility index (Phi) is 16.9. The Bertz CT molecular complexity index is 3980. The Morgan fingerprint density at radius 3 is 0.831 bits per heavy atom. The van der Waals surface area contributed by atoms with Crippen LogP contribution in [0.25, 0.3) is 0 Å². The van der Waals surface area contributed by atoms with Crippen LogP contribution in [0.2, 0.25) is 0 Å². The van der Waals surface area contributed by atoms with Crippen LogP contribution < -0.4 is 9.47 Å². The van der Waals surface area contributed by atoms with E-state index in [1.807, 2.05) is 0 Å². The van der Waals surface area contributed by atoms with Crippen LogP contribution in [0, 0.1) is 0 Å². The predicted octanol–water partition coefficient (Wildman–Crippen LogP) is 2.95. The van der Waals surface area contributed by atoms with Crippen molar-refractivity contribution in [2.45, 2.75) is 30.7 Å². The summed E-state index contributed by atoms with van der Waals surface area (Å²) in [6.07, 6.45) is -13.4. The Hall–Kier alpha value is -13.0. The second kappa shape index (κ2) is 24.3. The van der Waals surface area contributed by atoms with Gasteiger partial charge in [0.05, 0.1) is 38.9 Å².